The van der Waals surface area contributed by atoms with Crippen molar-refractivity contribution in [3.05, 3.63) is 72.2 Å². The van der Waals surface area contributed by atoms with Crippen LogP contribution in [0, 0.1) is 11.1 Å². The Bertz CT molecular complexity index is 1540. The van der Waals surface area contributed by atoms with Crippen LogP contribution in [-0.2, 0) is 19.6 Å². The number of fused-ring (bicyclic) bond motifs is 1. The molecule has 1 aromatic carbocycles. The second-order valence-electron chi connectivity index (χ2n) is 10.4. The van der Waals surface area contributed by atoms with Gasteiger partial charge >= 0.3 is 6.09 Å². The molecule has 3 aromatic rings. The van der Waals surface area contributed by atoms with E-state index in [1.807, 2.05) is 50.2 Å². The number of rotatable bonds is 8. The second kappa shape index (κ2) is 11.6. The van der Waals surface area contributed by atoms with Gasteiger partial charge in [-0.25, -0.2) is 13.2 Å². The Labute approximate surface area is 242 Å². The summed E-state index contributed by atoms with van der Waals surface area (Å²) in [6.07, 6.45) is 1.94. The van der Waals surface area contributed by atoms with Gasteiger partial charge in [0.15, 0.2) is 23.2 Å². The predicted molar refractivity (Wildman–Crippen MR) is 150 cm³/mol. The maximum absolute atomic E-state index is 13.7. The van der Waals surface area contributed by atoms with Gasteiger partial charge in [-0.05, 0) is 36.5 Å². The lowest BCUT2D eigenvalue weighted by Gasteiger charge is -2.28. The van der Waals surface area contributed by atoms with E-state index in [0.29, 0.717) is 16.2 Å². The van der Waals surface area contributed by atoms with E-state index in [-0.39, 0.29) is 30.3 Å². The van der Waals surface area contributed by atoms with Crippen molar-refractivity contribution in [2.24, 2.45) is 5.92 Å². The van der Waals surface area contributed by atoms with Gasteiger partial charge in [-0.15, -0.1) is 0 Å². The maximum Gasteiger partial charge on any atom is 0.414 e. The lowest BCUT2D eigenvalue weighted by atomic mass is 10.0. The number of thiophene rings is 1. The number of aromatic nitrogens is 1. The molecule has 13 heteroatoms. The molecular weight excluding hydrogens is 568 g/mol. The quantitative estimate of drug-likeness (QED) is 0.311. The molecule has 216 valence electrons. The molecule has 2 aromatic heterocycles. The van der Waals surface area contributed by atoms with E-state index < -0.39 is 45.9 Å². The van der Waals surface area contributed by atoms with Crippen LogP contribution in [0.3, 0.4) is 0 Å². The fraction of sp³-hybridized carbons (Fsp3) is 0.357. The SMILES string of the molecule is CC(C)CC(NC(=O)Oc1ccc(-c2ccccc2)s1)C(=O)N1CCC2C1C(=O)CN2S(=O)(=O)c1cc[n+]([O-])cc1. The van der Waals surface area contributed by atoms with Crippen LogP contribution in [-0.4, -0.2) is 66.6 Å². The molecule has 0 spiro atoms. The maximum atomic E-state index is 13.7. The Balaban J connectivity index is 1.29. The molecule has 1 N–H and O–H groups in total. The van der Waals surface area contributed by atoms with E-state index in [9.17, 15) is 28.0 Å². The average molecular weight is 599 g/mol. The van der Waals surface area contributed by atoms with Gasteiger partial charge in [-0.3, -0.25) is 9.59 Å². The minimum atomic E-state index is -4.07. The van der Waals surface area contributed by atoms with Crippen LogP contribution >= 0.6 is 11.3 Å². The van der Waals surface area contributed by atoms with Crippen molar-refractivity contribution >= 4 is 39.1 Å². The number of ketones is 1. The molecule has 2 fully saturated rings. The van der Waals surface area contributed by atoms with Gasteiger partial charge in [-0.2, -0.15) is 9.04 Å². The Morgan fingerprint density at radius 1 is 1.12 bits per heavy atom. The monoisotopic (exact) mass is 598 g/mol. The first-order valence-corrected chi connectivity index (χ1v) is 15.5. The van der Waals surface area contributed by atoms with Crippen molar-refractivity contribution in [1.29, 1.82) is 0 Å². The first-order valence-electron chi connectivity index (χ1n) is 13.2. The summed E-state index contributed by atoms with van der Waals surface area (Å²) in [5.74, 6) is -0.816. The number of hydrogen-bond acceptors (Lipinski definition) is 8. The highest BCUT2D eigenvalue weighted by Gasteiger charge is 2.54. The minimum Gasteiger partial charge on any atom is -0.619 e. The van der Waals surface area contributed by atoms with E-state index in [1.165, 1.54) is 28.4 Å². The minimum absolute atomic E-state index is 0.0343. The highest BCUT2D eigenvalue weighted by atomic mass is 32.2. The highest BCUT2D eigenvalue weighted by molar-refractivity contribution is 7.89. The topological polar surface area (TPSA) is 140 Å². The number of nitrogens with one attached hydrogen (secondary N) is 1. The molecule has 0 bridgehead atoms. The number of ether oxygens (including phenoxy) is 1. The highest BCUT2D eigenvalue weighted by Crippen LogP contribution is 2.35. The van der Waals surface area contributed by atoms with E-state index in [0.717, 1.165) is 27.1 Å². The third-order valence-corrected chi connectivity index (χ3v) is 10.1. The molecule has 0 aliphatic carbocycles. The summed E-state index contributed by atoms with van der Waals surface area (Å²) in [7, 11) is -4.07. The summed E-state index contributed by atoms with van der Waals surface area (Å²) < 4.78 is 33.6. The fourth-order valence-electron chi connectivity index (χ4n) is 5.34. The molecule has 0 radical (unpaired) electrons. The molecule has 41 heavy (non-hydrogen) atoms. The summed E-state index contributed by atoms with van der Waals surface area (Å²) in [6, 6.07) is 12.9. The summed E-state index contributed by atoms with van der Waals surface area (Å²) in [5.41, 5.74) is 0.989. The molecule has 2 amide bonds. The third kappa shape index (κ3) is 5.97. The van der Waals surface area contributed by atoms with Crippen molar-refractivity contribution in [3.63, 3.8) is 0 Å². The molecule has 2 aliphatic heterocycles. The second-order valence-corrected chi connectivity index (χ2v) is 13.4. The molecular formula is C28H30N4O7S2. The Morgan fingerprint density at radius 2 is 1.83 bits per heavy atom. The zero-order chi connectivity index (χ0) is 29.3. The van der Waals surface area contributed by atoms with Crippen LogP contribution in [0.2, 0.25) is 0 Å². The number of amides is 2. The molecule has 2 saturated heterocycles. The number of benzene rings is 1. The van der Waals surface area contributed by atoms with Crippen LogP contribution in [0.1, 0.15) is 26.7 Å². The largest absolute Gasteiger partial charge is 0.619 e. The zero-order valence-electron chi connectivity index (χ0n) is 22.5. The van der Waals surface area contributed by atoms with Crippen LogP contribution in [0.25, 0.3) is 10.4 Å². The molecule has 5 rings (SSSR count). The fourth-order valence-corrected chi connectivity index (χ4v) is 7.81. The van der Waals surface area contributed by atoms with Crippen LogP contribution < -0.4 is 14.8 Å². The van der Waals surface area contributed by atoms with E-state index in [4.69, 9.17) is 4.74 Å². The normalized spacial score (nSPS) is 19.8. The Hall–Kier alpha value is -3.81. The number of hydrogen-bond donors (Lipinski definition) is 1. The summed E-state index contributed by atoms with van der Waals surface area (Å²) in [6.45, 7) is 3.61. The van der Waals surface area contributed by atoms with Gasteiger partial charge in [0.25, 0.3) is 0 Å². The molecule has 4 heterocycles. The average Bonchev–Trinajstić information content (AvgIpc) is 3.66. The molecule has 2 aliphatic rings. The van der Waals surface area contributed by atoms with E-state index in [2.05, 4.69) is 5.32 Å². The standard InChI is InChI=1S/C28H30N4O7S2/c1-18(2)16-21(29-28(35)39-25-9-8-24(40-25)19-6-4-3-5-7-19)27(34)31-15-12-22-26(31)23(33)17-32(22)41(37,38)20-10-13-30(36)14-11-20/h3-11,13-14,18,21-22,26H,12,15-17H2,1-2H3,(H,29,35). The van der Waals surface area contributed by atoms with Crippen molar-refractivity contribution < 1.29 is 32.3 Å². The summed E-state index contributed by atoms with van der Waals surface area (Å²) in [4.78, 5) is 41.8. The molecule has 0 saturated carbocycles. The number of nitrogens with zero attached hydrogens (tertiary/aromatic N) is 3. The van der Waals surface area contributed by atoms with Gasteiger partial charge in [-0.1, -0.05) is 55.5 Å². The van der Waals surface area contributed by atoms with Crippen LogP contribution in [0.4, 0.5) is 4.79 Å². The Kier molecular flexibility index (Phi) is 8.11. The first kappa shape index (κ1) is 28.7. The van der Waals surface area contributed by atoms with E-state index >= 15 is 0 Å². The van der Waals surface area contributed by atoms with Gasteiger partial charge in [0, 0.05) is 23.6 Å². The van der Waals surface area contributed by atoms with Crippen LogP contribution in [0.5, 0.6) is 5.06 Å². The predicted octanol–water partition coefficient (Wildman–Crippen LogP) is 2.79. The molecule has 3 atom stereocenters. The van der Waals surface area contributed by atoms with Crippen molar-refractivity contribution in [3.8, 4) is 15.5 Å². The molecule has 11 nitrogen and oxygen atoms in total. The summed E-state index contributed by atoms with van der Waals surface area (Å²) >= 11 is 1.30. The lowest BCUT2D eigenvalue weighted by Crippen LogP contribution is -2.53. The lowest BCUT2D eigenvalue weighted by molar-refractivity contribution is -0.605. The van der Waals surface area contributed by atoms with E-state index in [1.54, 1.807) is 6.07 Å². The number of sulfonamides is 1. The van der Waals surface area contributed by atoms with Crippen molar-refractivity contribution in [2.45, 2.75) is 49.7 Å². The number of likely N-dealkylation sites (tertiary alicyclic amines) is 1. The Morgan fingerprint density at radius 3 is 2.51 bits per heavy atom. The van der Waals surface area contributed by atoms with Gasteiger partial charge in [0.1, 0.15) is 12.1 Å². The zero-order valence-corrected chi connectivity index (χ0v) is 24.1. The van der Waals surface area contributed by atoms with Gasteiger partial charge in [0.05, 0.1) is 17.5 Å². The van der Waals surface area contributed by atoms with Crippen molar-refractivity contribution in [2.75, 3.05) is 13.1 Å². The van der Waals surface area contributed by atoms with Crippen LogP contribution in [0.15, 0.2) is 71.9 Å². The first-order chi connectivity index (χ1) is 19.5. The number of pyridine rings is 1. The molecule has 3 unspecified atom stereocenters. The number of carbonyl (C=O) groups is 3. The van der Waals surface area contributed by atoms with Gasteiger partial charge < -0.3 is 20.2 Å². The number of Topliss-reactive ketones (excluding diaryl/α,β-unsaturated/α-hetero) is 1. The third-order valence-electron chi connectivity index (χ3n) is 7.17. The summed E-state index contributed by atoms with van der Waals surface area (Å²) in [5, 5.41) is 14.4. The van der Waals surface area contributed by atoms with Crippen molar-refractivity contribution in [1.82, 2.24) is 14.5 Å². The number of carbonyl (C=O) groups excluding carboxylic acids is 3. The van der Waals surface area contributed by atoms with Gasteiger partial charge in [0.2, 0.25) is 15.9 Å². The smallest absolute Gasteiger partial charge is 0.414 e.